The third-order valence-electron chi connectivity index (χ3n) is 4.99. The summed E-state index contributed by atoms with van der Waals surface area (Å²) in [7, 11) is -1.67. The van der Waals surface area contributed by atoms with Gasteiger partial charge in [-0.3, -0.25) is 0 Å². The Labute approximate surface area is 170 Å². The number of sulfone groups is 1. The van der Waals surface area contributed by atoms with E-state index in [2.05, 4.69) is 9.98 Å². The molecule has 3 aromatic rings. The van der Waals surface area contributed by atoms with Crippen molar-refractivity contribution in [2.24, 2.45) is 4.99 Å². The fourth-order valence-corrected chi connectivity index (χ4v) is 4.26. The first kappa shape index (κ1) is 19.3. The van der Waals surface area contributed by atoms with Gasteiger partial charge in [0.2, 0.25) is 0 Å². The fourth-order valence-electron chi connectivity index (χ4n) is 3.20. The number of aromatic nitrogens is 2. The van der Waals surface area contributed by atoms with Crippen LogP contribution in [0.2, 0.25) is 0 Å². The van der Waals surface area contributed by atoms with Crippen LogP contribution in [0.1, 0.15) is 31.0 Å². The van der Waals surface area contributed by atoms with Crippen LogP contribution in [0, 0.1) is 0 Å². The van der Waals surface area contributed by atoms with E-state index in [-0.39, 0.29) is 5.92 Å². The number of hydrogen-bond acceptors (Lipinski definition) is 6. The van der Waals surface area contributed by atoms with Crippen LogP contribution in [0.3, 0.4) is 0 Å². The zero-order valence-corrected chi connectivity index (χ0v) is 17.2. The average Bonchev–Trinajstić information content (AvgIpc) is 3.17. The first-order valence-corrected chi connectivity index (χ1v) is 10.8. The molecule has 0 fully saturated rings. The maximum absolute atomic E-state index is 12.3. The van der Waals surface area contributed by atoms with Crippen LogP contribution in [0.25, 0.3) is 11.3 Å². The lowest BCUT2D eigenvalue weighted by Gasteiger charge is -2.11. The van der Waals surface area contributed by atoms with Crippen LogP contribution in [0.5, 0.6) is 5.75 Å². The van der Waals surface area contributed by atoms with Crippen molar-refractivity contribution in [3.05, 3.63) is 66.0 Å². The van der Waals surface area contributed by atoms with Gasteiger partial charge in [-0.1, -0.05) is 24.3 Å². The molecule has 0 saturated heterocycles. The summed E-state index contributed by atoms with van der Waals surface area (Å²) in [5.41, 5.74) is 3.33. The molecule has 0 spiro atoms. The standard InChI is InChI=1S/C22H21N3O3S/c1-14(2)29(26,27)18-10-6-16(7-11-18)20-13-24-22-21(25-20)19(12-23-22)15-4-8-17(28-3)9-5-15/h4-14,19H,1-3H3. The number of fused-ring (bicyclic) bond motifs is 1. The third kappa shape index (κ3) is 3.53. The summed E-state index contributed by atoms with van der Waals surface area (Å²) >= 11 is 0. The molecule has 1 atom stereocenters. The van der Waals surface area contributed by atoms with E-state index in [1.807, 2.05) is 30.5 Å². The van der Waals surface area contributed by atoms with Crippen molar-refractivity contribution in [2.75, 3.05) is 7.11 Å². The van der Waals surface area contributed by atoms with E-state index in [0.717, 1.165) is 22.6 Å². The van der Waals surface area contributed by atoms with Crippen molar-refractivity contribution < 1.29 is 13.2 Å². The lowest BCUT2D eigenvalue weighted by atomic mass is 9.98. The largest absolute Gasteiger partial charge is 0.497 e. The smallest absolute Gasteiger partial charge is 0.180 e. The molecule has 1 aliphatic heterocycles. The van der Waals surface area contributed by atoms with Crippen LogP contribution < -0.4 is 4.74 Å². The highest BCUT2D eigenvalue weighted by Gasteiger charge is 2.25. The third-order valence-corrected chi connectivity index (χ3v) is 7.16. The van der Waals surface area contributed by atoms with Crippen molar-refractivity contribution in [2.45, 2.75) is 29.9 Å². The number of methoxy groups -OCH3 is 1. The Morgan fingerprint density at radius 2 is 1.69 bits per heavy atom. The number of aliphatic imine (C=N–C) groups is 1. The van der Waals surface area contributed by atoms with Gasteiger partial charge in [0, 0.05) is 11.8 Å². The second-order valence-corrected chi connectivity index (χ2v) is 9.62. The highest BCUT2D eigenvalue weighted by atomic mass is 32.2. The molecule has 0 saturated carbocycles. The molecule has 29 heavy (non-hydrogen) atoms. The number of rotatable bonds is 5. The second-order valence-electron chi connectivity index (χ2n) is 7.11. The van der Waals surface area contributed by atoms with Gasteiger partial charge < -0.3 is 4.74 Å². The molecule has 0 amide bonds. The summed E-state index contributed by atoms with van der Waals surface area (Å²) < 4.78 is 29.9. The van der Waals surface area contributed by atoms with Gasteiger partial charge in [0.15, 0.2) is 15.7 Å². The topological polar surface area (TPSA) is 81.5 Å². The second kappa shape index (κ2) is 7.40. The van der Waals surface area contributed by atoms with Crippen LogP contribution in [0.4, 0.5) is 5.82 Å². The minimum Gasteiger partial charge on any atom is -0.497 e. The maximum atomic E-state index is 12.3. The Balaban J connectivity index is 1.66. The van der Waals surface area contributed by atoms with Gasteiger partial charge in [0.05, 0.1) is 40.8 Å². The molecule has 1 unspecified atom stereocenters. The summed E-state index contributed by atoms with van der Waals surface area (Å²) in [5, 5.41) is -0.462. The Hall–Kier alpha value is -3.06. The van der Waals surface area contributed by atoms with E-state index in [1.54, 1.807) is 51.4 Å². The number of benzene rings is 2. The summed E-state index contributed by atoms with van der Waals surface area (Å²) in [5.74, 6) is 1.32. The highest BCUT2D eigenvalue weighted by Crippen LogP contribution is 2.35. The SMILES string of the molecule is COc1ccc(C2C=Nc3ncc(-c4ccc(S(=O)(=O)C(C)C)cc4)nc32)cc1. The van der Waals surface area contributed by atoms with Gasteiger partial charge in [-0.15, -0.1) is 0 Å². The fraction of sp³-hybridized carbons (Fsp3) is 0.227. The monoisotopic (exact) mass is 407 g/mol. The molecule has 1 aliphatic rings. The van der Waals surface area contributed by atoms with E-state index < -0.39 is 15.1 Å². The predicted octanol–water partition coefficient (Wildman–Crippen LogP) is 4.18. The minimum atomic E-state index is -3.30. The molecule has 2 heterocycles. The van der Waals surface area contributed by atoms with E-state index in [1.165, 1.54) is 0 Å². The molecule has 0 bridgehead atoms. The Morgan fingerprint density at radius 1 is 1.00 bits per heavy atom. The zero-order valence-electron chi connectivity index (χ0n) is 16.4. The van der Waals surface area contributed by atoms with Gasteiger partial charge in [-0.2, -0.15) is 0 Å². The molecule has 6 nitrogen and oxygen atoms in total. The van der Waals surface area contributed by atoms with Gasteiger partial charge in [-0.05, 0) is 43.7 Å². The zero-order chi connectivity index (χ0) is 20.6. The molecule has 4 rings (SSSR count). The van der Waals surface area contributed by atoms with Crippen molar-refractivity contribution in [1.82, 2.24) is 9.97 Å². The lowest BCUT2D eigenvalue weighted by molar-refractivity contribution is 0.414. The summed E-state index contributed by atoms with van der Waals surface area (Å²) in [6, 6.07) is 14.6. The van der Waals surface area contributed by atoms with Gasteiger partial charge in [0.1, 0.15) is 5.75 Å². The van der Waals surface area contributed by atoms with Crippen molar-refractivity contribution in [3.8, 4) is 17.0 Å². The van der Waals surface area contributed by atoms with Crippen molar-refractivity contribution in [1.29, 1.82) is 0 Å². The van der Waals surface area contributed by atoms with Gasteiger partial charge in [0.25, 0.3) is 0 Å². The van der Waals surface area contributed by atoms with Crippen LogP contribution >= 0.6 is 0 Å². The molecule has 0 radical (unpaired) electrons. The lowest BCUT2D eigenvalue weighted by Crippen LogP contribution is -2.13. The summed E-state index contributed by atoms with van der Waals surface area (Å²) in [6.07, 6.45) is 3.51. The number of hydrogen-bond donors (Lipinski definition) is 0. The summed E-state index contributed by atoms with van der Waals surface area (Å²) in [6.45, 7) is 3.35. The van der Waals surface area contributed by atoms with Crippen molar-refractivity contribution >= 4 is 21.9 Å². The highest BCUT2D eigenvalue weighted by molar-refractivity contribution is 7.92. The minimum absolute atomic E-state index is 0.0797. The molecule has 0 aliphatic carbocycles. The van der Waals surface area contributed by atoms with Crippen LogP contribution in [-0.4, -0.2) is 37.0 Å². The normalized spacial score (nSPS) is 15.5. The Morgan fingerprint density at radius 3 is 2.31 bits per heavy atom. The average molecular weight is 407 g/mol. The Bertz CT molecular complexity index is 1170. The van der Waals surface area contributed by atoms with Crippen LogP contribution in [-0.2, 0) is 9.84 Å². The maximum Gasteiger partial charge on any atom is 0.180 e. The summed E-state index contributed by atoms with van der Waals surface area (Å²) in [4.78, 5) is 13.9. The van der Waals surface area contributed by atoms with E-state index in [9.17, 15) is 8.42 Å². The quantitative estimate of drug-likeness (QED) is 0.634. The van der Waals surface area contributed by atoms with E-state index in [0.29, 0.717) is 16.4 Å². The molecule has 2 aromatic carbocycles. The van der Waals surface area contributed by atoms with Crippen molar-refractivity contribution in [3.63, 3.8) is 0 Å². The number of nitrogens with zero attached hydrogens (tertiary/aromatic N) is 3. The Kier molecular flexibility index (Phi) is 4.92. The number of ether oxygens (including phenoxy) is 1. The van der Waals surface area contributed by atoms with E-state index >= 15 is 0 Å². The first-order chi connectivity index (χ1) is 13.9. The molecule has 7 heteroatoms. The van der Waals surface area contributed by atoms with E-state index in [4.69, 9.17) is 9.72 Å². The predicted molar refractivity (Wildman–Crippen MR) is 113 cm³/mol. The van der Waals surface area contributed by atoms with Crippen LogP contribution in [0.15, 0.2) is 64.6 Å². The van der Waals surface area contributed by atoms with Gasteiger partial charge >= 0.3 is 0 Å². The first-order valence-electron chi connectivity index (χ1n) is 9.29. The molecular weight excluding hydrogens is 386 g/mol. The van der Waals surface area contributed by atoms with Gasteiger partial charge in [-0.25, -0.2) is 23.4 Å². The molecule has 148 valence electrons. The molecular formula is C22H21N3O3S. The molecule has 0 N–H and O–H groups in total. The molecule has 1 aromatic heterocycles.